The zero-order chi connectivity index (χ0) is 10.4. The standard InChI is InChI=1S/C10H8INOS/c1-8-3-2-4-9(7-8)10(5-6-12)13-14-11/h2-5,7H,1H3/b10-5+. The predicted octanol–water partition coefficient (Wildman–Crippen LogP) is 3.87. The molecule has 0 bridgehead atoms. The second kappa shape index (κ2) is 5.94. The maximum absolute atomic E-state index is 8.58. The van der Waals surface area contributed by atoms with Crippen molar-refractivity contribution in [3.8, 4) is 6.07 Å². The monoisotopic (exact) mass is 317 g/mol. The van der Waals surface area contributed by atoms with Crippen LogP contribution >= 0.6 is 30.4 Å². The summed E-state index contributed by atoms with van der Waals surface area (Å²) in [5.74, 6) is 0.593. The van der Waals surface area contributed by atoms with Crippen LogP contribution in [0.1, 0.15) is 11.1 Å². The van der Waals surface area contributed by atoms with E-state index in [1.165, 1.54) is 15.3 Å². The molecule has 0 amide bonds. The van der Waals surface area contributed by atoms with Crippen molar-refractivity contribution >= 4 is 36.2 Å². The van der Waals surface area contributed by atoms with Crippen molar-refractivity contribution < 1.29 is 4.18 Å². The van der Waals surface area contributed by atoms with Crippen LogP contribution in [0, 0.1) is 18.3 Å². The van der Waals surface area contributed by atoms with Crippen LogP contribution in [-0.2, 0) is 4.18 Å². The molecular formula is C10H8INOS. The van der Waals surface area contributed by atoms with Gasteiger partial charge in [0.25, 0.3) is 0 Å². The lowest BCUT2D eigenvalue weighted by Gasteiger charge is -2.04. The minimum absolute atomic E-state index is 0.593. The lowest BCUT2D eigenvalue weighted by Crippen LogP contribution is -1.85. The highest BCUT2D eigenvalue weighted by molar-refractivity contribution is 14.2. The molecule has 1 rings (SSSR count). The summed E-state index contributed by atoms with van der Waals surface area (Å²) in [6.45, 7) is 2.00. The molecule has 0 fully saturated rings. The fourth-order valence-corrected chi connectivity index (χ4v) is 1.84. The van der Waals surface area contributed by atoms with E-state index in [1.807, 2.05) is 58.5 Å². The minimum atomic E-state index is 0.593. The van der Waals surface area contributed by atoms with Gasteiger partial charge in [0, 0.05) is 26.8 Å². The van der Waals surface area contributed by atoms with Gasteiger partial charge in [0.05, 0.1) is 12.1 Å². The number of nitriles is 1. The predicted molar refractivity (Wildman–Crippen MR) is 67.5 cm³/mol. The second-order valence-corrected chi connectivity index (χ2v) is 4.02. The summed E-state index contributed by atoms with van der Waals surface area (Å²) in [4.78, 5) is 0. The van der Waals surface area contributed by atoms with E-state index in [1.54, 1.807) is 0 Å². The van der Waals surface area contributed by atoms with Crippen molar-refractivity contribution in [2.75, 3.05) is 0 Å². The number of hydrogen-bond donors (Lipinski definition) is 0. The Morgan fingerprint density at radius 2 is 2.43 bits per heavy atom. The second-order valence-electron chi connectivity index (χ2n) is 2.65. The third-order valence-corrected chi connectivity index (χ3v) is 2.40. The summed E-state index contributed by atoms with van der Waals surface area (Å²) in [6.07, 6.45) is 1.40. The third-order valence-electron chi connectivity index (χ3n) is 1.62. The molecule has 0 spiro atoms. The van der Waals surface area contributed by atoms with E-state index in [0.717, 1.165) is 11.1 Å². The van der Waals surface area contributed by atoms with E-state index in [-0.39, 0.29) is 0 Å². The Balaban J connectivity index is 3.01. The molecule has 1 aromatic carbocycles. The maximum Gasteiger partial charge on any atom is 0.156 e. The Morgan fingerprint density at radius 1 is 1.64 bits per heavy atom. The van der Waals surface area contributed by atoms with Gasteiger partial charge in [0.1, 0.15) is 9.21 Å². The number of rotatable bonds is 3. The molecule has 0 aliphatic carbocycles. The first-order valence-electron chi connectivity index (χ1n) is 3.90. The van der Waals surface area contributed by atoms with E-state index < -0.39 is 0 Å². The van der Waals surface area contributed by atoms with Crippen LogP contribution in [0.25, 0.3) is 5.76 Å². The van der Waals surface area contributed by atoms with Crippen LogP contribution in [0.2, 0.25) is 0 Å². The fraction of sp³-hybridized carbons (Fsp3) is 0.100. The molecule has 0 atom stereocenters. The summed E-state index contributed by atoms with van der Waals surface area (Å²) in [7, 11) is 1.20. The van der Waals surface area contributed by atoms with Gasteiger partial charge in [-0.3, -0.25) is 0 Å². The van der Waals surface area contributed by atoms with Crippen molar-refractivity contribution in [2.24, 2.45) is 0 Å². The molecule has 0 heterocycles. The minimum Gasteiger partial charge on any atom is -0.414 e. The lowest BCUT2D eigenvalue weighted by molar-refractivity contribution is 0.615. The van der Waals surface area contributed by atoms with Gasteiger partial charge in [0.15, 0.2) is 5.76 Å². The highest BCUT2D eigenvalue weighted by Gasteiger charge is 2.02. The number of nitrogens with zero attached hydrogens (tertiary/aromatic N) is 1. The lowest BCUT2D eigenvalue weighted by atomic mass is 10.1. The Kier molecular flexibility index (Phi) is 4.84. The van der Waals surface area contributed by atoms with E-state index in [0.29, 0.717) is 5.76 Å². The summed E-state index contributed by atoms with van der Waals surface area (Å²) >= 11 is 2.02. The molecule has 72 valence electrons. The molecule has 14 heavy (non-hydrogen) atoms. The van der Waals surface area contributed by atoms with Gasteiger partial charge >= 0.3 is 0 Å². The molecule has 0 aliphatic heterocycles. The quantitative estimate of drug-likeness (QED) is 0.367. The van der Waals surface area contributed by atoms with Gasteiger partial charge in [-0.05, 0) is 13.0 Å². The first kappa shape index (κ1) is 11.4. The summed E-state index contributed by atoms with van der Waals surface area (Å²) < 4.78 is 5.27. The van der Waals surface area contributed by atoms with E-state index in [9.17, 15) is 0 Å². The summed E-state index contributed by atoms with van der Waals surface area (Å²) in [5.41, 5.74) is 2.07. The Morgan fingerprint density at radius 3 is 3.00 bits per heavy atom. The summed E-state index contributed by atoms with van der Waals surface area (Å²) in [5, 5.41) is 8.58. The first-order valence-corrected chi connectivity index (χ1v) is 7.18. The van der Waals surface area contributed by atoms with E-state index in [4.69, 9.17) is 9.44 Å². The van der Waals surface area contributed by atoms with Crippen LogP contribution in [0.3, 0.4) is 0 Å². The zero-order valence-electron chi connectivity index (χ0n) is 7.53. The molecule has 0 saturated heterocycles. The van der Waals surface area contributed by atoms with Crippen LogP contribution < -0.4 is 0 Å². The van der Waals surface area contributed by atoms with Crippen molar-refractivity contribution in [1.82, 2.24) is 0 Å². The highest BCUT2D eigenvalue weighted by atomic mass is 127. The number of benzene rings is 1. The fourth-order valence-electron chi connectivity index (χ4n) is 1.05. The third kappa shape index (κ3) is 3.24. The molecular weight excluding hydrogens is 309 g/mol. The summed E-state index contributed by atoms with van der Waals surface area (Å²) in [6, 6.07) is 9.81. The van der Waals surface area contributed by atoms with Gasteiger partial charge in [-0.25, -0.2) is 0 Å². The van der Waals surface area contributed by atoms with E-state index in [2.05, 4.69) is 0 Å². The largest absolute Gasteiger partial charge is 0.414 e. The normalized spacial score (nSPS) is 10.8. The van der Waals surface area contributed by atoms with Crippen LogP contribution in [0.15, 0.2) is 30.3 Å². The molecule has 1 aromatic rings. The van der Waals surface area contributed by atoms with Gasteiger partial charge in [0.2, 0.25) is 0 Å². The smallest absolute Gasteiger partial charge is 0.156 e. The SMILES string of the molecule is Cc1cccc(/C(=C\C#N)OSI)c1. The van der Waals surface area contributed by atoms with Crippen LogP contribution in [-0.4, -0.2) is 0 Å². The van der Waals surface area contributed by atoms with Gasteiger partial charge < -0.3 is 4.18 Å². The number of allylic oxidation sites excluding steroid dienone is 1. The molecule has 0 aliphatic rings. The number of halogens is 1. The first-order chi connectivity index (χ1) is 6.77. The van der Waals surface area contributed by atoms with Crippen LogP contribution in [0.4, 0.5) is 0 Å². The van der Waals surface area contributed by atoms with Gasteiger partial charge in [-0.2, -0.15) is 5.26 Å². The molecule has 0 unspecified atom stereocenters. The Bertz CT molecular complexity index is 384. The van der Waals surface area contributed by atoms with Crippen molar-refractivity contribution in [3.63, 3.8) is 0 Å². The molecule has 0 aromatic heterocycles. The molecule has 0 radical (unpaired) electrons. The van der Waals surface area contributed by atoms with Crippen molar-refractivity contribution in [1.29, 1.82) is 5.26 Å². The number of aryl methyl sites for hydroxylation is 1. The Hall–Kier alpha value is -0.670. The van der Waals surface area contributed by atoms with E-state index >= 15 is 0 Å². The molecule has 2 nitrogen and oxygen atoms in total. The number of hydrogen-bond acceptors (Lipinski definition) is 3. The van der Waals surface area contributed by atoms with Gasteiger partial charge in [-0.1, -0.05) is 23.8 Å². The van der Waals surface area contributed by atoms with Crippen LogP contribution in [0.5, 0.6) is 0 Å². The Labute approximate surface area is 99.7 Å². The van der Waals surface area contributed by atoms with Crippen molar-refractivity contribution in [2.45, 2.75) is 6.92 Å². The maximum atomic E-state index is 8.58. The molecule has 0 saturated carbocycles. The topological polar surface area (TPSA) is 33.0 Å². The van der Waals surface area contributed by atoms with Gasteiger partial charge in [-0.15, -0.1) is 0 Å². The van der Waals surface area contributed by atoms with Crippen molar-refractivity contribution in [3.05, 3.63) is 41.5 Å². The molecule has 0 N–H and O–H groups in total. The molecule has 4 heteroatoms. The zero-order valence-corrected chi connectivity index (χ0v) is 10.5. The average Bonchev–Trinajstić information content (AvgIpc) is 2.17. The highest BCUT2D eigenvalue weighted by Crippen LogP contribution is 2.25. The average molecular weight is 317 g/mol.